The molecule has 0 bridgehead atoms. The summed E-state index contributed by atoms with van der Waals surface area (Å²) in [6.07, 6.45) is 0. The third-order valence-electron chi connectivity index (χ3n) is 3.46. The molecule has 4 heteroatoms. The third-order valence-corrected chi connectivity index (χ3v) is 3.46. The molecule has 0 fully saturated rings. The van der Waals surface area contributed by atoms with Gasteiger partial charge in [0, 0.05) is 5.56 Å². The zero-order valence-electron chi connectivity index (χ0n) is 13.1. The number of hydrogen-bond donors (Lipinski definition) is 2. The van der Waals surface area contributed by atoms with Crippen molar-refractivity contribution in [3.8, 4) is 5.75 Å². The Morgan fingerprint density at radius 1 is 0.792 bits per heavy atom. The number of benzene rings is 3. The van der Waals surface area contributed by atoms with Crippen LogP contribution < -0.4 is 15.6 Å². The Labute approximate surface area is 141 Å². The maximum atomic E-state index is 12.1. The van der Waals surface area contributed by atoms with Crippen LogP contribution in [-0.4, -0.2) is 5.91 Å². The summed E-state index contributed by atoms with van der Waals surface area (Å²) < 4.78 is 5.71. The molecule has 0 spiro atoms. The fourth-order valence-corrected chi connectivity index (χ4v) is 2.17. The largest absolute Gasteiger partial charge is 0.489 e. The van der Waals surface area contributed by atoms with E-state index >= 15 is 0 Å². The van der Waals surface area contributed by atoms with E-state index in [9.17, 15) is 4.79 Å². The summed E-state index contributed by atoms with van der Waals surface area (Å²) in [6, 6.07) is 26.5. The smallest absolute Gasteiger partial charge is 0.269 e. The highest BCUT2D eigenvalue weighted by molar-refractivity contribution is 5.94. The Hall–Kier alpha value is -3.27. The molecule has 0 aliphatic heterocycles. The highest BCUT2D eigenvalue weighted by Crippen LogP contribution is 2.14. The van der Waals surface area contributed by atoms with Crippen molar-refractivity contribution in [3.05, 3.63) is 96.1 Å². The van der Waals surface area contributed by atoms with Gasteiger partial charge in [0.15, 0.2) is 0 Å². The fourth-order valence-electron chi connectivity index (χ4n) is 2.17. The summed E-state index contributed by atoms with van der Waals surface area (Å²) >= 11 is 0. The number of ether oxygens (including phenoxy) is 1. The summed E-state index contributed by atoms with van der Waals surface area (Å²) in [5.74, 6) is 0.528. The van der Waals surface area contributed by atoms with E-state index in [1.807, 2.05) is 60.7 Å². The number of amides is 1. The Balaban J connectivity index is 1.53. The number of carbonyl (C=O) groups is 1. The van der Waals surface area contributed by atoms with Crippen LogP contribution in [-0.2, 0) is 6.61 Å². The zero-order chi connectivity index (χ0) is 16.6. The predicted octanol–water partition coefficient (Wildman–Crippen LogP) is 4.02. The molecular formula is C20H18N2O2. The van der Waals surface area contributed by atoms with Crippen LogP contribution in [0.3, 0.4) is 0 Å². The number of rotatable bonds is 6. The minimum absolute atomic E-state index is 0.200. The normalized spacial score (nSPS) is 10.0. The van der Waals surface area contributed by atoms with Gasteiger partial charge in [-0.15, -0.1) is 0 Å². The molecule has 1 amide bonds. The maximum Gasteiger partial charge on any atom is 0.269 e. The van der Waals surface area contributed by atoms with Gasteiger partial charge in [0.1, 0.15) is 12.4 Å². The SMILES string of the molecule is O=C(NNc1ccccc1)c1ccc(OCc2ccccc2)cc1. The van der Waals surface area contributed by atoms with Crippen LogP contribution in [0.1, 0.15) is 15.9 Å². The van der Waals surface area contributed by atoms with E-state index in [2.05, 4.69) is 10.9 Å². The summed E-state index contributed by atoms with van der Waals surface area (Å²) in [5.41, 5.74) is 8.03. The van der Waals surface area contributed by atoms with Crippen LogP contribution in [0.15, 0.2) is 84.9 Å². The quantitative estimate of drug-likeness (QED) is 0.675. The first-order valence-corrected chi connectivity index (χ1v) is 7.69. The molecule has 24 heavy (non-hydrogen) atoms. The summed E-state index contributed by atoms with van der Waals surface area (Å²) in [6.45, 7) is 0.502. The molecule has 0 aliphatic rings. The second-order valence-electron chi connectivity index (χ2n) is 5.24. The van der Waals surface area contributed by atoms with Gasteiger partial charge in [0.25, 0.3) is 5.91 Å². The molecule has 3 aromatic rings. The number of hydrogen-bond acceptors (Lipinski definition) is 3. The highest BCUT2D eigenvalue weighted by Gasteiger charge is 2.05. The van der Waals surface area contributed by atoms with E-state index in [1.165, 1.54) is 0 Å². The highest BCUT2D eigenvalue weighted by atomic mass is 16.5. The number of para-hydroxylation sites is 1. The van der Waals surface area contributed by atoms with Gasteiger partial charge in [-0.1, -0.05) is 48.5 Å². The van der Waals surface area contributed by atoms with E-state index in [0.717, 1.165) is 17.0 Å². The van der Waals surface area contributed by atoms with Gasteiger partial charge in [0.05, 0.1) is 5.69 Å². The lowest BCUT2D eigenvalue weighted by atomic mass is 10.2. The minimum Gasteiger partial charge on any atom is -0.489 e. The standard InChI is InChI=1S/C20H18N2O2/c23-20(22-21-18-9-5-2-6-10-18)17-11-13-19(14-12-17)24-15-16-7-3-1-4-8-16/h1-14,21H,15H2,(H,22,23). The Morgan fingerprint density at radius 2 is 1.42 bits per heavy atom. The van der Waals surface area contributed by atoms with Crippen LogP contribution >= 0.6 is 0 Å². The van der Waals surface area contributed by atoms with Crippen LogP contribution in [0.4, 0.5) is 5.69 Å². The van der Waals surface area contributed by atoms with Crippen molar-refractivity contribution < 1.29 is 9.53 Å². The lowest BCUT2D eigenvalue weighted by Crippen LogP contribution is -2.29. The Morgan fingerprint density at radius 3 is 2.08 bits per heavy atom. The maximum absolute atomic E-state index is 12.1. The number of anilines is 1. The van der Waals surface area contributed by atoms with Crippen LogP contribution in [0.5, 0.6) is 5.75 Å². The molecule has 0 heterocycles. The first kappa shape index (κ1) is 15.6. The minimum atomic E-state index is -0.200. The molecule has 0 saturated carbocycles. The molecule has 0 aromatic heterocycles. The van der Waals surface area contributed by atoms with Gasteiger partial charge in [-0.05, 0) is 42.0 Å². The second kappa shape index (κ2) is 7.83. The zero-order valence-corrected chi connectivity index (χ0v) is 13.1. The average Bonchev–Trinajstić information content (AvgIpc) is 2.66. The summed E-state index contributed by atoms with van der Waals surface area (Å²) in [7, 11) is 0. The third kappa shape index (κ3) is 4.36. The van der Waals surface area contributed by atoms with Crippen molar-refractivity contribution in [1.29, 1.82) is 0 Å². The predicted molar refractivity (Wildman–Crippen MR) is 94.7 cm³/mol. The summed E-state index contributed by atoms with van der Waals surface area (Å²) in [4.78, 5) is 12.1. The first-order valence-electron chi connectivity index (χ1n) is 7.69. The molecule has 0 aliphatic carbocycles. The number of carbonyl (C=O) groups excluding carboxylic acids is 1. The second-order valence-corrected chi connectivity index (χ2v) is 5.24. The van der Waals surface area contributed by atoms with Gasteiger partial charge in [-0.25, -0.2) is 0 Å². The van der Waals surface area contributed by atoms with Crippen molar-refractivity contribution in [2.45, 2.75) is 6.61 Å². The summed E-state index contributed by atoms with van der Waals surface area (Å²) in [5, 5.41) is 0. The number of hydrazine groups is 1. The molecule has 0 unspecified atom stereocenters. The number of nitrogens with one attached hydrogen (secondary N) is 2. The molecule has 3 rings (SSSR count). The molecule has 0 radical (unpaired) electrons. The van der Waals surface area contributed by atoms with Crippen molar-refractivity contribution in [2.24, 2.45) is 0 Å². The molecular weight excluding hydrogens is 300 g/mol. The van der Waals surface area contributed by atoms with Crippen LogP contribution in [0.2, 0.25) is 0 Å². The van der Waals surface area contributed by atoms with E-state index in [0.29, 0.717) is 12.2 Å². The van der Waals surface area contributed by atoms with Crippen molar-refractivity contribution in [3.63, 3.8) is 0 Å². The molecule has 4 nitrogen and oxygen atoms in total. The van der Waals surface area contributed by atoms with E-state index in [-0.39, 0.29) is 5.91 Å². The van der Waals surface area contributed by atoms with Crippen molar-refractivity contribution >= 4 is 11.6 Å². The molecule has 3 aromatic carbocycles. The fraction of sp³-hybridized carbons (Fsp3) is 0.0500. The Bertz CT molecular complexity index is 772. The van der Waals surface area contributed by atoms with Gasteiger partial charge in [-0.3, -0.25) is 15.6 Å². The molecule has 2 N–H and O–H groups in total. The van der Waals surface area contributed by atoms with E-state index < -0.39 is 0 Å². The van der Waals surface area contributed by atoms with Crippen molar-refractivity contribution in [1.82, 2.24) is 5.43 Å². The van der Waals surface area contributed by atoms with Crippen LogP contribution in [0, 0.1) is 0 Å². The first-order chi connectivity index (χ1) is 11.8. The lowest BCUT2D eigenvalue weighted by molar-refractivity contribution is 0.0962. The van der Waals surface area contributed by atoms with Gasteiger partial charge in [-0.2, -0.15) is 0 Å². The van der Waals surface area contributed by atoms with Crippen molar-refractivity contribution in [2.75, 3.05) is 5.43 Å². The van der Waals surface area contributed by atoms with E-state index in [4.69, 9.17) is 4.74 Å². The van der Waals surface area contributed by atoms with Crippen LogP contribution in [0.25, 0.3) is 0 Å². The molecule has 0 atom stereocenters. The van der Waals surface area contributed by atoms with Gasteiger partial charge >= 0.3 is 0 Å². The molecule has 0 saturated heterocycles. The van der Waals surface area contributed by atoms with Gasteiger partial charge < -0.3 is 4.74 Å². The van der Waals surface area contributed by atoms with Gasteiger partial charge in [0.2, 0.25) is 0 Å². The topological polar surface area (TPSA) is 50.4 Å². The van der Waals surface area contributed by atoms with E-state index in [1.54, 1.807) is 24.3 Å². The lowest BCUT2D eigenvalue weighted by Gasteiger charge is -2.09. The molecule has 120 valence electrons. The Kier molecular flexibility index (Phi) is 5.10. The average molecular weight is 318 g/mol. The monoisotopic (exact) mass is 318 g/mol.